The van der Waals surface area contributed by atoms with Crippen LogP contribution in [0.3, 0.4) is 0 Å². The molecule has 0 saturated carbocycles. The van der Waals surface area contributed by atoms with E-state index in [9.17, 15) is 63.6 Å². The van der Waals surface area contributed by atoms with Gasteiger partial charge in [0.15, 0.2) is 18.6 Å². The van der Waals surface area contributed by atoms with E-state index in [2.05, 4.69) is 14.2 Å². The third-order valence-corrected chi connectivity index (χ3v) is 8.87. The number of aromatic amines is 1. The SMILES string of the molecule is C/C=C(/OC1C(CO)OC(OP(=O)(O)OP(=O)(O)OC[C@H]2O[C@@H](n3ccc(=O)[nH]c3=O)[C@H](O)[C@@H]2O)C(NC(C)=O)C1O)C(=O)O. The number of aliphatic hydroxyl groups is 4. The largest absolute Gasteiger partial charge is 0.483 e. The van der Waals surface area contributed by atoms with Crippen LogP contribution in [0.4, 0.5) is 0 Å². The molecule has 0 aliphatic carbocycles. The Balaban J connectivity index is 1.70. The molecule has 2 aliphatic rings. The Kier molecular flexibility index (Phi) is 12.0. The van der Waals surface area contributed by atoms with Gasteiger partial charge in [-0.2, -0.15) is 4.31 Å². The number of ether oxygens (including phenoxy) is 3. The molecule has 22 nitrogen and oxygen atoms in total. The summed E-state index contributed by atoms with van der Waals surface area (Å²) in [6.45, 7) is 0.194. The highest BCUT2D eigenvalue weighted by molar-refractivity contribution is 7.61. The number of carboxylic acid groups (broad SMARTS) is 1. The molecule has 0 aromatic carbocycles. The molecule has 1 amide bonds. The molecular formula is C21H31N3O19P2. The molecular weight excluding hydrogens is 660 g/mol. The molecule has 9 N–H and O–H groups in total. The summed E-state index contributed by atoms with van der Waals surface area (Å²) in [5.41, 5.74) is -1.79. The molecule has 45 heavy (non-hydrogen) atoms. The number of carboxylic acids is 1. The number of rotatable bonds is 13. The van der Waals surface area contributed by atoms with E-state index in [1.165, 1.54) is 6.92 Å². The van der Waals surface area contributed by atoms with Gasteiger partial charge in [-0.15, -0.1) is 0 Å². The minimum Gasteiger partial charge on any atom is -0.478 e. The predicted molar refractivity (Wildman–Crippen MR) is 141 cm³/mol. The molecule has 0 radical (unpaired) electrons. The van der Waals surface area contributed by atoms with E-state index in [4.69, 9.17) is 18.7 Å². The lowest BCUT2D eigenvalue weighted by Crippen LogP contribution is -2.65. The molecule has 3 rings (SSSR count). The number of carbonyl (C=O) groups is 2. The van der Waals surface area contributed by atoms with E-state index in [1.807, 2.05) is 4.98 Å². The van der Waals surface area contributed by atoms with Crippen molar-refractivity contribution in [2.75, 3.05) is 13.2 Å². The number of aliphatic hydroxyl groups excluding tert-OH is 4. The Labute approximate surface area is 251 Å². The Hall–Kier alpha value is -2.82. The number of aliphatic carboxylic acids is 1. The number of nitrogens with zero attached hydrogens (tertiary/aromatic N) is 1. The van der Waals surface area contributed by atoms with E-state index in [0.717, 1.165) is 25.3 Å². The number of allylic oxidation sites excluding steroid dienone is 1. The first-order chi connectivity index (χ1) is 20.9. The minimum atomic E-state index is -5.74. The van der Waals surface area contributed by atoms with Gasteiger partial charge in [0, 0.05) is 19.2 Å². The summed E-state index contributed by atoms with van der Waals surface area (Å²) >= 11 is 0. The third-order valence-electron chi connectivity index (χ3n) is 6.27. The van der Waals surface area contributed by atoms with Gasteiger partial charge in [0.05, 0.1) is 13.2 Å². The second-order valence-corrected chi connectivity index (χ2v) is 12.5. The molecule has 7 unspecified atom stereocenters. The second-order valence-electron chi connectivity index (χ2n) is 9.47. The zero-order chi connectivity index (χ0) is 33.9. The molecule has 1 aromatic rings. The number of amides is 1. The van der Waals surface area contributed by atoms with E-state index >= 15 is 0 Å². The van der Waals surface area contributed by atoms with E-state index in [1.54, 1.807) is 0 Å². The zero-order valence-electron chi connectivity index (χ0n) is 23.2. The highest BCUT2D eigenvalue weighted by Crippen LogP contribution is 2.61. The lowest BCUT2D eigenvalue weighted by atomic mass is 9.96. The van der Waals surface area contributed by atoms with Crippen LogP contribution in [0.1, 0.15) is 20.1 Å². The topological polar surface area (TPSA) is 332 Å². The number of phosphoric acid groups is 2. The van der Waals surface area contributed by atoms with Gasteiger partial charge in [-0.1, -0.05) is 0 Å². The van der Waals surface area contributed by atoms with Gasteiger partial charge < -0.3 is 54.8 Å². The number of aromatic nitrogens is 2. The smallest absolute Gasteiger partial charge is 0.478 e. The van der Waals surface area contributed by atoms with Gasteiger partial charge in [-0.25, -0.2) is 18.7 Å². The van der Waals surface area contributed by atoms with E-state index in [-0.39, 0.29) is 0 Å². The molecule has 24 heteroatoms. The molecule has 3 heterocycles. The average Bonchev–Trinajstić information content (AvgIpc) is 3.20. The van der Waals surface area contributed by atoms with Crippen LogP contribution in [0.25, 0.3) is 0 Å². The van der Waals surface area contributed by atoms with Crippen molar-refractivity contribution in [3.63, 3.8) is 0 Å². The normalized spacial score (nSPS) is 33.2. The number of carbonyl (C=O) groups excluding carboxylic acids is 1. The molecule has 11 atom stereocenters. The number of hydrogen-bond donors (Lipinski definition) is 9. The average molecular weight is 691 g/mol. The summed E-state index contributed by atoms with van der Waals surface area (Å²) in [5.74, 6) is -3.10. The summed E-state index contributed by atoms with van der Waals surface area (Å²) in [4.78, 5) is 68.5. The highest BCUT2D eigenvalue weighted by atomic mass is 31.3. The number of phosphoric ester groups is 2. The maximum absolute atomic E-state index is 12.7. The third kappa shape index (κ3) is 9.14. The predicted octanol–water partition coefficient (Wildman–Crippen LogP) is -3.64. The lowest BCUT2D eigenvalue weighted by Gasteiger charge is -2.43. The van der Waals surface area contributed by atoms with E-state index in [0.29, 0.717) is 4.57 Å². The van der Waals surface area contributed by atoms with Crippen LogP contribution in [0.5, 0.6) is 0 Å². The first-order valence-electron chi connectivity index (χ1n) is 12.7. The second kappa shape index (κ2) is 14.7. The van der Waals surface area contributed by atoms with Crippen molar-refractivity contribution in [3.05, 3.63) is 44.9 Å². The van der Waals surface area contributed by atoms with Crippen molar-refractivity contribution < 1.29 is 81.6 Å². The van der Waals surface area contributed by atoms with Crippen molar-refractivity contribution in [1.82, 2.24) is 14.9 Å². The van der Waals surface area contributed by atoms with Gasteiger partial charge in [0.25, 0.3) is 5.56 Å². The van der Waals surface area contributed by atoms with Gasteiger partial charge in [0.1, 0.15) is 36.6 Å². The number of nitrogens with one attached hydrogen (secondary N) is 2. The lowest BCUT2D eigenvalue weighted by molar-refractivity contribution is -0.251. The molecule has 0 spiro atoms. The first-order valence-corrected chi connectivity index (χ1v) is 15.7. The Morgan fingerprint density at radius 3 is 2.31 bits per heavy atom. The Morgan fingerprint density at radius 2 is 1.76 bits per heavy atom. The van der Waals surface area contributed by atoms with Gasteiger partial charge in [-0.3, -0.25) is 28.2 Å². The maximum Gasteiger partial charge on any atom is 0.483 e. The monoisotopic (exact) mass is 691 g/mol. The summed E-state index contributed by atoms with van der Waals surface area (Å²) < 4.78 is 55.3. The molecule has 254 valence electrons. The van der Waals surface area contributed by atoms with Crippen LogP contribution in [0, 0.1) is 0 Å². The van der Waals surface area contributed by atoms with Crippen molar-refractivity contribution in [2.45, 2.75) is 69.0 Å². The number of H-pyrrole nitrogens is 1. The van der Waals surface area contributed by atoms with E-state index < -0.39 is 113 Å². The van der Waals surface area contributed by atoms with Crippen LogP contribution >= 0.6 is 15.6 Å². The van der Waals surface area contributed by atoms with Crippen molar-refractivity contribution >= 4 is 27.5 Å². The van der Waals surface area contributed by atoms with Gasteiger partial charge in [0.2, 0.25) is 11.7 Å². The summed E-state index contributed by atoms with van der Waals surface area (Å²) in [7, 11) is -11.3. The standard InChI is InChI=1S/C21H31N3O19P2/c1-3-9(19(31)32)39-17-10(6-25)41-20(13(15(17)29)22-8(2)26)42-45(36,37)43-44(34,35)38-7-11-14(28)16(30)18(40-11)24-5-4-12(27)23-21(24)33/h3-5,10-11,13-18,20,25,28-30H,6-7H2,1-2H3,(H,22,26)(H,31,32)(H,34,35)(H,36,37)(H,23,27,33)/b9-3+/t10?,11-,13?,14-,15?,16-,17?,18-,20?/m1/s1. The van der Waals surface area contributed by atoms with Crippen LogP contribution in [0.15, 0.2) is 33.7 Å². The van der Waals surface area contributed by atoms with Crippen LogP contribution < -0.4 is 16.6 Å². The zero-order valence-corrected chi connectivity index (χ0v) is 25.0. The van der Waals surface area contributed by atoms with Crippen LogP contribution in [-0.2, 0) is 46.3 Å². The maximum atomic E-state index is 12.7. The summed E-state index contributed by atoms with van der Waals surface area (Å²) in [5, 5.41) is 52.4. The fourth-order valence-corrected chi connectivity index (χ4v) is 6.44. The molecule has 2 aliphatic heterocycles. The molecule has 2 fully saturated rings. The van der Waals surface area contributed by atoms with Crippen molar-refractivity contribution in [2.24, 2.45) is 0 Å². The first kappa shape index (κ1) is 36.6. The van der Waals surface area contributed by atoms with Crippen molar-refractivity contribution in [1.29, 1.82) is 0 Å². The van der Waals surface area contributed by atoms with Crippen LogP contribution in [-0.4, -0.2) is 119 Å². The fraction of sp³-hybridized carbons (Fsp3) is 0.619. The van der Waals surface area contributed by atoms with Crippen molar-refractivity contribution in [3.8, 4) is 0 Å². The Bertz CT molecular complexity index is 1480. The van der Waals surface area contributed by atoms with Gasteiger partial charge in [-0.05, 0) is 13.0 Å². The molecule has 1 aromatic heterocycles. The molecule has 2 saturated heterocycles. The highest BCUT2D eigenvalue weighted by Gasteiger charge is 2.52. The summed E-state index contributed by atoms with van der Waals surface area (Å²) in [6, 6.07) is -0.888. The molecule has 0 bridgehead atoms. The fourth-order valence-electron chi connectivity index (χ4n) is 4.28. The van der Waals surface area contributed by atoms with Crippen LogP contribution in [0.2, 0.25) is 0 Å². The Morgan fingerprint density at radius 1 is 1.09 bits per heavy atom. The quantitative estimate of drug-likeness (QED) is 0.0547. The number of hydrogen-bond acceptors (Lipinski definition) is 16. The van der Waals surface area contributed by atoms with Gasteiger partial charge >= 0.3 is 27.3 Å². The summed E-state index contributed by atoms with van der Waals surface area (Å²) in [6.07, 6.45) is -12.4. The minimum absolute atomic E-state index is 0.683.